The van der Waals surface area contributed by atoms with E-state index in [2.05, 4.69) is 168 Å². The molecule has 0 amide bonds. The third-order valence-electron chi connectivity index (χ3n) is 12.4. The zero-order valence-corrected chi connectivity index (χ0v) is 32.5. The Morgan fingerprint density at radius 3 is 1.48 bits per heavy atom. The largest absolute Gasteiger partial charge is 0.507 e. The molecule has 0 heterocycles. The van der Waals surface area contributed by atoms with Crippen molar-refractivity contribution < 1.29 is 10.2 Å². The van der Waals surface area contributed by atoms with Gasteiger partial charge in [0.05, 0.1) is 0 Å². The molecular formula is C54H46N2O2. The average molecular weight is 755 g/mol. The van der Waals surface area contributed by atoms with Crippen molar-refractivity contribution in [3.8, 4) is 44.9 Å². The summed E-state index contributed by atoms with van der Waals surface area (Å²) in [6.07, 6.45) is 4.36. The van der Waals surface area contributed by atoms with Crippen LogP contribution in [-0.4, -0.2) is 22.3 Å². The fraction of sp³-hybridized carbons (Fsp3) is 0.148. The molecule has 1 fully saturated rings. The lowest BCUT2D eigenvalue weighted by molar-refractivity contribution is 0.279. The Balaban J connectivity index is 0.978. The summed E-state index contributed by atoms with van der Waals surface area (Å²) in [6, 6.07) is 59.6. The third-order valence-corrected chi connectivity index (χ3v) is 12.4. The number of rotatable bonds is 9. The molecule has 4 nitrogen and oxygen atoms in total. The SMILES string of the molecule is Oc1c(CNC2CCCCC2NCc2cc3ccccc3c(-c3c(-c4ccccc4)ccc4ccccc34)c2O)cc2ccccc2c1-c1cccc2ccccc12. The van der Waals surface area contributed by atoms with Crippen LogP contribution in [0.15, 0.2) is 170 Å². The Labute approximate surface area is 339 Å². The van der Waals surface area contributed by atoms with Crippen molar-refractivity contribution in [2.45, 2.75) is 50.9 Å². The van der Waals surface area contributed by atoms with Gasteiger partial charge in [-0.15, -0.1) is 0 Å². The molecule has 0 spiro atoms. The van der Waals surface area contributed by atoms with E-state index in [9.17, 15) is 10.2 Å². The van der Waals surface area contributed by atoms with Crippen LogP contribution in [0, 0.1) is 0 Å². The Hall–Kier alpha value is -6.46. The van der Waals surface area contributed by atoms with Gasteiger partial charge in [0.2, 0.25) is 0 Å². The van der Waals surface area contributed by atoms with E-state index < -0.39 is 0 Å². The number of hydrogen-bond donors (Lipinski definition) is 4. The molecule has 0 bridgehead atoms. The summed E-state index contributed by atoms with van der Waals surface area (Å²) < 4.78 is 0. The molecule has 4 heteroatoms. The van der Waals surface area contributed by atoms with E-state index in [1.54, 1.807) is 0 Å². The first kappa shape index (κ1) is 35.9. The molecule has 10 rings (SSSR count). The minimum atomic E-state index is 0.195. The van der Waals surface area contributed by atoms with E-state index in [4.69, 9.17) is 0 Å². The van der Waals surface area contributed by atoms with Crippen LogP contribution in [0.25, 0.3) is 76.5 Å². The summed E-state index contributed by atoms with van der Waals surface area (Å²) >= 11 is 0. The average Bonchev–Trinajstić information content (AvgIpc) is 3.28. The Morgan fingerprint density at radius 1 is 0.397 bits per heavy atom. The van der Waals surface area contributed by atoms with Crippen LogP contribution in [0.4, 0.5) is 0 Å². The van der Waals surface area contributed by atoms with Crippen molar-refractivity contribution in [3.63, 3.8) is 0 Å². The number of phenols is 2. The summed E-state index contributed by atoms with van der Waals surface area (Å²) in [4.78, 5) is 0. The lowest BCUT2D eigenvalue weighted by atomic mass is 9.85. The molecule has 2 unspecified atom stereocenters. The highest BCUT2D eigenvalue weighted by Crippen LogP contribution is 2.47. The minimum Gasteiger partial charge on any atom is -0.507 e. The fourth-order valence-corrected chi connectivity index (χ4v) is 9.53. The summed E-state index contributed by atoms with van der Waals surface area (Å²) in [5.41, 5.74) is 7.85. The van der Waals surface area contributed by atoms with Crippen molar-refractivity contribution in [2.24, 2.45) is 0 Å². The van der Waals surface area contributed by atoms with Crippen LogP contribution < -0.4 is 10.6 Å². The van der Waals surface area contributed by atoms with Gasteiger partial charge in [0.15, 0.2) is 0 Å². The van der Waals surface area contributed by atoms with E-state index in [0.717, 1.165) is 113 Å². The predicted octanol–water partition coefficient (Wildman–Crippen LogP) is 12.9. The lowest BCUT2D eigenvalue weighted by Gasteiger charge is -2.33. The first-order valence-electron chi connectivity index (χ1n) is 20.6. The molecule has 284 valence electrons. The Morgan fingerprint density at radius 2 is 0.862 bits per heavy atom. The molecule has 1 aliphatic rings. The maximum Gasteiger partial charge on any atom is 0.128 e. The van der Waals surface area contributed by atoms with Gasteiger partial charge in [0.1, 0.15) is 11.5 Å². The summed E-state index contributed by atoms with van der Waals surface area (Å²) in [5, 5.41) is 41.1. The van der Waals surface area contributed by atoms with Crippen molar-refractivity contribution in [1.82, 2.24) is 10.6 Å². The van der Waals surface area contributed by atoms with Gasteiger partial charge in [0.25, 0.3) is 0 Å². The van der Waals surface area contributed by atoms with Gasteiger partial charge in [-0.05, 0) is 84.8 Å². The highest BCUT2D eigenvalue weighted by atomic mass is 16.3. The topological polar surface area (TPSA) is 64.5 Å². The molecule has 58 heavy (non-hydrogen) atoms. The van der Waals surface area contributed by atoms with Gasteiger partial charge < -0.3 is 20.8 Å². The summed E-state index contributed by atoms with van der Waals surface area (Å²) in [5.74, 6) is 0.655. The zero-order valence-electron chi connectivity index (χ0n) is 32.5. The monoisotopic (exact) mass is 754 g/mol. The maximum absolute atomic E-state index is 12.4. The Bertz CT molecular complexity index is 2950. The Kier molecular flexibility index (Phi) is 9.58. The molecule has 2 atom stereocenters. The molecule has 9 aromatic carbocycles. The molecule has 0 aromatic heterocycles. The van der Waals surface area contributed by atoms with Crippen LogP contribution in [0.1, 0.15) is 36.8 Å². The van der Waals surface area contributed by atoms with Gasteiger partial charge >= 0.3 is 0 Å². The lowest BCUT2D eigenvalue weighted by Crippen LogP contribution is -2.49. The van der Waals surface area contributed by atoms with Crippen LogP contribution in [0.5, 0.6) is 11.5 Å². The van der Waals surface area contributed by atoms with Crippen molar-refractivity contribution in [3.05, 3.63) is 181 Å². The van der Waals surface area contributed by atoms with Crippen molar-refractivity contribution >= 4 is 43.1 Å². The second-order valence-electron chi connectivity index (χ2n) is 15.8. The zero-order chi connectivity index (χ0) is 39.0. The fourth-order valence-electron chi connectivity index (χ4n) is 9.53. The number of phenolic OH excluding ortho intramolecular Hbond substituents is 2. The number of fused-ring (bicyclic) bond motifs is 4. The van der Waals surface area contributed by atoms with Gasteiger partial charge in [-0.3, -0.25) is 0 Å². The number of nitrogens with one attached hydrogen (secondary N) is 2. The van der Waals surface area contributed by atoms with Crippen LogP contribution >= 0.6 is 0 Å². The first-order valence-corrected chi connectivity index (χ1v) is 20.6. The summed E-state index contributed by atoms with van der Waals surface area (Å²) in [6.45, 7) is 1.08. The highest BCUT2D eigenvalue weighted by molar-refractivity contribution is 6.13. The highest BCUT2D eigenvalue weighted by Gasteiger charge is 2.27. The summed E-state index contributed by atoms with van der Waals surface area (Å²) in [7, 11) is 0. The minimum absolute atomic E-state index is 0.195. The standard InChI is InChI=1S/C54H46N2O2/c57-53-40(31-38-19-6-10-24-44(38)51(53)47-26-14-21-35-17-4-8-22-42(35)47)33-55-48-27-12-13-28-49(48)56-34-41-32-39-20-7-11-25-45(39)52(54(41)58)50-43-23-9-5-18-37(43)29-30-46(50)36-15-2-1-3-16-36/h1-11,14-26,29-32,48-49,55-58H,12-13,27-28,33-34H2. The van der Waals surface area contributed by atoms with E-state index in [1.165, 1.54) is 0 Å². The van der Waals surface area contributed by atoms with Gasteiger partial charge in [-0.2, -0.15) is 0 Å². The van der Waals surface area contributed by atoms with Gasteiger partial charge in [-0.1, -0.05) is 171 Å². The second kappa shape index (κ2) is 15.5. The van der Waals surface area contributed by atoms with Crippen LogP contribution in [0.2, 0.25) is 0 Å². The molecule has 9 aromatic rings. The first-order chi connectivity index (χ1) is 28.6. The van der Waals surface area contributed by atoms with Crippen LogP contribution in [0.3, 0.4) is 0 Å². The molecule has 0 radical (unpaired) electrons. The molecule has 1 saturated carbocycles. The number of aromatic hydroxyl groups is 2. The van der Waals surface area contributed by atoms with E-state index in [1.807, 2.05) is 12.1 Å². The second-order valence-corrected chi connectivity index (χ2v) is 15.8. The maximum atomic E-state index is 12.4. The predicted molar refractivity (Wildman–Crippen MR) is 242 cm³/mol. The van der Waals surface area contributed by atoms with Crippen molar-refractivity contribution in [2.75, 3.05) is 0 Å². The normalized spacial score (nSPS) is 15.7. The third kappa shape index (κ3) is 6.55. The molecule has 1 aliphatic carbocycles. The van der Waals surface area contributed by atoms with Gasteiger partial charge in [-0.25, -0.2) is 0 Å². The molecule has 0 aliphatic heterocycles. The van der Waals surface area contributed by atoms with Gasteiger partial charge in [0, 0.05) is 53.0 Å². The number of benzene rings is 9. The van der Waals surface area contributed by atoms with Crippen molar-refractivity contribution in [1.29, 1.82) is 0 Å². The number of hydrogen-bond acceptors (Lipinski definition) is 4. The van der Waals surface area contributed by atoms with Crippen LogP contribution in [-0.2, 0) is 13.1 Å². The quantitative estimate of drug-likeness (QED) is 0.118. The smallest absolute Gasteiger partial charge is 0.128 e. The van der Waals surface area contributed by atoms with E-state index >= 15 is 0 Å². The molecule has 4 N–H and O–H groups in total. The molecular weight excluding hydrogens is 709 g/mol. The molecule has 0 saturated heterocycles. The van der Waals surface area contributed by atoms with E-state index in [-0.39, 0.29) is 12.1 Å². The van der Waals surface area contributed by atoms with E-state index in [0.29, 0.717) is 24.6 Å².